The Bertz CT molecular complexity index is 502. The summed E-state index contributed by atoms with van der Waals surface area (Å²) in [7, 11) is 0. The average molecular weight is 204 g/mol. The summed E-state index contributed by atoms with van der Waals surface area (Å²) < 4.78 is 1.86. The minimum Gasteiger partial charge on any atom is -0.481 e. The number of aromatic nitrogens is 2. The molecule has 78 valence electrons. The van der Waals surface area contributed by atoms with Gasteiger partial charge in [-0.3, -0.25) is 4.79 Å². The molecule has 0 spiro atoms. The number of aryl methyl sites for hydroxylation is 2. The van der Waals surface area contributed by atoms with Crippen LogP contribution in [0, 0.1) is 6.92 Å². The predicted octanol–water partition coefficient (Wildman–Crippen LogP) is 1.82. The molecule has 0 fully saturated rings. The molecule has 2 rings (SSSR count). The van der Waals surface area contributed by atoms with Crippen LogP contribution < -0.4 is 0 Å². The molecule has 2 aromatic rings. The van der Waals surface area contributed by atoms with Crippen molar-refractivity contribution in [3.63, 3.8) is 0 Å². The first kappa shape index (κ1) is 9.71. The Kier molecular flexibility index (Phi) is 2.41. The fourth-order valence-corrected chi connectivity index (χ4v) is 1.57. The number of benzene rings is 1. The maximum absolute atomic E-state index is 10.5. The lowest BCUT2D eigenvalue weighted by Gasteiger charge is -2.01. The summed E-state index contributed by atoms with van der Waals surface area (Å²) in [6, 6.07) is 5.97. The van der Waals surface area contributed by atoms with E-state index in [1.54, 1.807) is 6.33 Å². The van der Waals surface area contributed by atoms with Gasteiger partial charge in [0.2, 0.25) is 0 Å². The van der Waals surface area contributed by atoms with Gasteiger partial charge in [0.05, 0.1) is 23.8 Å². The highest BCUT2D eigenvalue weighted by Gasteiger charge is 2.04. The number of nitrogens with zero attached hydrogens (tertiary/aromatic N) is 2. The van der Waals surface area contributed by atoms with Crippen LogP contribution in [0.25, 0.3) is 11.0 Å². The fourth-order valence-electron chi connectivity index (χ4n) is 1.57. The molecule has 0 saturated carbocycles. The first-order valence-electron chi connectivity index (χ1n) is 4.80. The summed E-state index contributed by atoms with van der Waals surface area (Å²) in [5.74, 6) is -0.788. The van der Waals surface area contributed by atoms with Crippen molar-refractivity contribution in [1.82, 2.24) is 9.55 Å². The lowest BCUT2D eigenvalue weighted by atomic mass is 10.2. The van der Waals surface area contributed by atoms with Crippen molar-refractivity contribution >= 4 is 17.0 Å². The summed E-state index contributed by atoms with van der Waals surface area (Å²) in [4.78, 5) is 14.7. The van der Waals surface area contributed by atoms with Crippen LogP contribution in [0.5, 0.6) is 0 Å². The zero-order chi connectivity index (χ0) is 10.8. The molecule has 0 aliphatic heterocycles. The molecular weight excluding hydrogens is 192 g/mol. The van der Waals surface area contributed by atoms with Crippen LogP contribution >= 0.6 is 0 Å². The molecule has 1 aromatic heterocycles. The second-order valence-corrected chi connectivity index (χ2v) is 3.57. The predicted molar refractivity (Wildman–Crippen MR) is 56.7 cm³/mol. The van der Waals surface area contributed by atoms with E-state index in [2.05, 4.69) is 4.98 Å². The molecule has 0 bridgehead atoms. The molecule has 0 unspecified atom stereocenters. The van der Waals surface area contributed by atoms with Gasteiger partial charge in [0.15, 0.2) is 0 Å². The smallest absolute Gasteiger partial charge is 0.305 e. The van der Waals surface area contributed by atoms with Gasteiger partial charge in [-0.25, -0.2) is 4.98 Å². The number of carboxylic acid groups (broad SMARTS) is 1. The van der Waals surface area contributed by atoms with Crippen molar-refractivity contribution in [3.05, 3.63) is 30.1 Å². The molecule has 0 atom stereocenters. The van der Waals surface area contributed by atoms with Gasteiger partial charge in [0.1, 0.15) is 0 Å². The van der Waals surface area contributed by atoms with Crippen LogP contribution in [0.3, 0.4) is 0 Å². The zero-order valence-corrected chi connectivity index (χ0v) is 8.47. The Morgan fingerprint density at radius 1 is 1.53 bits per heavy atom. The highest BCUT2D eigenvalue weighted by molar-refractivity contribution is 5.76. The summed E-state index contributed by atoms with van der Waals surface area (Å²) in [6.45, 7) is 2.48. The van der Waals surface area contributed by atoms with Gasteiger partial charge in [0, 0.05) is 6.54 Å². The van der Waals surface area contributed by atoms with E-state index in [9.17, 15) is 4.79 Å². The zero-order valence-electron chi connectivity index (χ0n) is 8.47. The quantitative estimate of drug-likeness (QED) is 0.829. The molecule has 1 heterocycles. The molecule has 4 heteroatoms. The third-order valence-electron chi connectivity index (χ3n) is 2.34. The largest absolute Gasteiger partial charge is 0.481 e. The Labute approximate surface area is 87.2 Å². The molecule has 1 aromatic carbocycles. The van der Waals surface area contributed by atoms with E-state index in [0.29, 0.717) is 6.54 Å². The molecule has 0 radical (unpaired) electrons. The molecule has 0 saturated heterocycles. The van der Waals surface area contributed by atoms with E-state index in [1.807, 2.05) is 29.7 Å². The molecule has 1 N–H and O–H groups in total. The Hall–Kier alpha value is -1.84. The van der Waals surface area contributed by atoms with Gasteiger partial charge in [-0.15, -0.1) is 0 Å². The average Bonchev–Trinajstić information content (AvgIpc) is 2.57. The standard InChI is InChI=1S/C11H12N2O2/c1-8-2-3-10-9(6-8)12-7-13(10)5-4-11(14)15/h2-3,6-7H,4-5H2,1H3,(H,14,15). The normalized spacial score (nSPS) is 10.7. The summed E-state index contributed by atoms with van der Waals surface area (Å²) >= 11 is 0. The molecule has 0 aliphatic carbocycles. The van der Waals surface area contributed by atoms with E-state index >= 15 is 0 Å². The number of fused-ring (bicyclic) bond motifs is 1. The first-order valence-corrected chi connectivity index (χ1v) is 4.80. The number of carbonyl (C=O) groups is 1. The van der Waals surface area contributed by atoms with Crippen LogP contribution in [0.4, 0.5) is 0 Å². The second kappa shape index (κ2) is 3.73. The Morgan fingerprint density at radius 2 is 2.33 bits per heavy atom. The maximum Gasteiger partial charge on any atom is 0.305 e. The van der Waals surface area contributed by atoms with Crippen molar-refractivity contribution in [2.75, 3.05) is 0 Å². The topological polar surface area (TPSA) is 55.1 Å². The van der Waals surface area contributed by atoms with E-state index in [4.69, 9.17) is 5.11 Å². The van der Waals surface area contributed by atoms with Crippen molar-refractivity contribution in [2.24, 2.45) is 0 Å². The summed E-state index contributed by atoms with van der Waals surface area (Å²) in [5.41, 5.74) is 3.06. The third kappa shape index (κ3) is 1.98. The lowest BCUT2D eigenvalue weighted by Crippen LogP contribution is -2.03. The van der Waals surface area contributed by atoms with E-state index in [0.717, 1.165) is 16.6 Å². The second-order valence-electron chi connectivity index (χ2n) is 3.57. The number of rotatable bonds is 3. The van der Waals surface area contributed by atoms with Crippen molar-refractivity contribution in [2.45, 2.75) is 19.9 Å². The number of hydrogen-bond acceptors (Lipinski definition) is 2. The molecule has 0 aliphatic rings. The third-order valence-corrected chi connectivity index (χ3v) is 2.34. The van der Waals surface area contributed by atoms with E-state index in [1.165, 1.54) is 0 Å². The van der Waals surface area contributed by atoms with Gasteiger partial charge in [-0.1, -0.05) is 6.07 Å². The molecule has 15 heavy (non-hydrogen) atoms. The Morgan fingerprint density at radius 3 is 3.07 bits per heavy atom. The Balaban J connectivity index is 2.32. The van der Waals surface area contributed by atoms with Crippen LogP contribution in [-0.4, -0.2) is 20.6 Å². The number of hydrogen-bond donors (Lipinski definition) is 1. The minimum absolute atomic E-state index is 0.124. The highest BCUT2D eigenvalue weighted by Crippen LogP contribution is 2.14. The maximum atomic E-state index is 10.5. The highest BCUT2D eigenvalue weighted by atomic mass is 16.4. The van der Waals surface area contributed by atoms with Crippen LogP contribution in [0.2, 0.25) is 0 Å². The molecule has 0 amide bonds. The van der Waals surface area contributed by atoms with Gasteiger partial charge < -0.3 is 9.67 Å². The van der Waals surface area contributed by atoms with Crippen molar-refractivity contribution in [3.8, 4) is 0 Å². The monoisotopic (exact) mass is 204 g/mol. The number of imidazole rings is 1. The summed E-state index contributed by atoms with van der Waals surface area (Å²) in [6.07, 6.45) is 1.81. The first-order chi connectivity index (χ1) is 7.16. The van der Waals surface area contributed by atoms with Gasteiger partial charge in [-0.2, -0.15) is 0 Å². The lowest BCUT2D eigenvalue weighted by molar-refractivity contribution is -0.137. The van der Waals surface area contributed by atoms with Crippen LogP contribution in [-0.2, 0) is 11.3 Å². The van der Waals surface area contributed by atoms with Gasteiger partial charge >= 0.3 is 5.97 Å². The minimum atomic E-state index is -0.788. The molecular formula is C11H12N2O2. The number of aliphatic carboxylic acids is 1. The van der Waals surface area contributed by atoms with Crippen LogP contribution in [0.1, 0.15) is 12.0 Å². The number of carboxylic acids is 1. The van der Waals surface area contributed by atoms with Crippen molar-refractivity contribution in [1.29, 1.82) is 0 Å². The summed E-state index contributed by atoms with van der Waals surface area (Å²) in [5, 5.41) is 8.59. The van der Waals surface area contributed by atoms with Gasteiger partial charge in [-0.05, 0) is 24.6 Å². The van der Waals surface area contributed by atoms with E-state index in [-0.39, 0.29) is 6.42 Å². The van der Waals surface area contributed by atoms with Crippen molar-refractivity contribution < 1.29 is 9.90 Å². The fraction of sp³-hybridized carbons (Fsp3) is 0.273. The van der Waals surface area contributed by atoms with Gasteiger partial charge in [0.25, 0.3) is 0 Å². The SMILES string of the molecule is Cc1ccc2c(c1)ncn2CCC(=O)O. The van der Waals surface area contributed by atoms with E-state index < -0.39 is 5.97 Å². The van der Waals surface area contributed by atoms with Crippen LogP contribution in [0.15, 0.2) is 24.5 Å². The molecule has 4 nitrogen and oxygen atoms in total.